The van der Waals surface area contributed by atoms with Crippen LogP contribution >= 0.6 is 11.3 Å². The molecule has 1 amide bonds. The van der Waals surface area contributed by atoms with Crippen LogP contribution in [0.25, 0.3) is 11.3 Å². The van der Waals surface area contributed by atoms with E-state index in [2.05, 4.69) is 51.2 Å². The van der Waals surface area contributed by atoms with E-state index in [1.165, 1.54) is 16.0 Å². The number of hydrogen-bond donors (Lipinski definition) is 4. The number of hydrogen-bond acceptors (Lipinski definition) is 4. The Morgan fingerprint density at radius 3 is 2.62 bits per heavy atom. The third kappa shape index (κ3) is 3.39. The zero-order valence-electron chi connectivity index (χ0n) is 17.5. The Hall–Kier alpha value is -3.42. The highest BCUT2D eigenvalue weighted by Crippen LogP contribution is 2.40. The van der Waals surface area contributed by atoms with E-state index in [9.17, 15) is 4.79 Å². The van der Waals surface area contributed by atoms with Crippen LogP contribution in [0.3, 0.4) is 0 Å². The van der Waals surface area contributed by atoms with Gasteiger partial charge in [0.15, 0.2) is 0 Å². The van der Waals surface area contributed by atoms with Crippen LogP contribution < -0.4 is 15.5 Å². The van der Waals surface area contributed by atoms with Gasteiger partial charge in [0.2, 0.25) is 0 Å². The molecule has 160 valence electrons. The molecule has 0 fully saturated rings. The fourth-order valence-electron chi connectivity index (χ4n) is 4.79. The number of nitrogens with one attached hydrogen (secondary N) is 4. The summed E-state index contributed by atoms with van der Waals surface area (Å²) in [6, 6.07) is 20.7. The van der Waals surface area contributed by atoms with Gasteiger partial charge in [0.1, 0.15) is 24.3 Å². The van der Waals surface area contributed by atoms with Gasteiger partial charge in [-0.1, -0.05) is 60.7 Å². The van der Waals surface area contributed by atoms with Crippen LogP contribution in [0.5, 0.6) is 0 Å². The van der Waals surface area contributed by atoms with Crippen molar-refractivity contribution in [1.82, 2.24) is 15.5 Å². The number of H-pyrrole nitrogens is 1. The summed E-state index contributed by atoms with van der Waals surface area (Å²) >= 11 is 1.74. The third-order valence-electron chi connectivity index (χ3n) is 6.35. The van der Waals surface area contributed by atoms with E-state index >= 15 is 0 Å². The Labute approximate surface area is 190 Å². The first-order valence-electron chi connectivity index (χ1n) is 10.9. The molecule has 4 aromatic rings. The maximum Gasteiger partial charge on any atom is 0.256 e. The molecule has 2 atom stereocenters. The molecule has 7 heteroatoms. The van der Waals surface area contributed by atoms with Gasteiger partial charge in [0.25, 0.3) is 5.91 Å². The summed E-state index contributed by atoms with van der Waals surface area (Å²) in [4.78, 5) is 16.0. The van der Waals surface area contributed by atoms with Gasteiger partial charge in [-0.05, 0) is 11.1 Å². The number of nitrogens with zero attached hydrogens (tertiary/aromatic N) is 1. The van der Waals surface area contributed by atoms with Gasteiger partial charge in [-0.15, -0.1) is 11.3 Å². The molecular formula is C25H24N5OS+. The van der Waals surface area contributed by atoms with E-state index in [-0.39, 0.29) is 12.1 Å². The Morgan fingerprint density at radius 2 is 1.81 bits per heavy atom. The Kier molecular flexibility index (Phi) is 4.78. The largest absolute Gasteiger partial charge is 0.352 e. The highest BCUT2D eigenvalue weighted by atomic mass is 32.1. The molecule has 2 aliphatic heterocycles. The number of anilines is 1. The quantitative estimate of drug-likeness (QED) is 0.392. The van der Waals surface area contributed by atoms with Gasteiger partial charge in [0, 0.05) is 17.5 Å². The number of fused-ring (bicyclic) bond motifs is 3. The van der Waals surface area contributed by atoms with Crippen molar-refractivity contribution in [2.75, 3.05) is 11.9 Å². The topological polar surface area (TPSA) is 74.2 Å². The number of thiophene rings is 1. The lowest BCUT2D eigenvalue weighted by atomic mass is 9.99. The molecule has 6 rings (SSSR count). The standard InChI is InChI=1S/C25H23N5OS/c31-24-21-18-11-12-30(14-16-7-3-1-4-8-16)15-20(18)32-25(21)28-23(27-24)19-13-26-29-22(19)17-9-5-2-6-10-17/h1-10,13,23,28H,11-12,14-15H2,(H,26,29)(H,27,31)/p+1/t23-/m1/s1. The van der Waals surface area contributed by atoms with Gasteiger partial charge >= 0.3 is 0 Å². The molecule has 0 bridgehead atoms. The molecule has 2 aromatic carbocycles. The summed E-state index contributed by atoms with van der Waals surface area (Å²) < 4.78 is 0. The van der Waals surface area contributed by atoms with Crippen molar-refractivity contribution in [2.45, 2.75) is 25.7 Å². The average Bonchev–Trinajstić information content (AvgIpc) is 3.45. The second-order valence-electron chi connectivity index (χ2n) is 8.41. The summed E-state index contributed by atoms with van der Waals surface area (Å²) in [6.45, 7) is 3.02. The lowest BCUT2D eigenvalue weighted by molar-refractivity contribution is -0.929. The molecule has 2 aromatic heterocycles. The number of benzene rings is 2. The van der Waals surface area contributed by atoms with Gasteiger partial charge in [-0.2, -0.15) is 5.10 Å². The lowest BCUT2D eigenvalue weighted by Crippen LogP contribution is -3.10. The molecule has 2 aliphatic rings. The van der Waals surface area contributed by atoms with Crippen LogP contribution in [-0.2, 0) is 19.5 Å². The molecule has 1 unspecified atom stereocenters. The summed E-state index contributed by atoms with van der Waals surface area (Å²) in [7, 11) is 0. The molecule has 0 saturated heterocycles. The van der Waals surface area contributed by atoms with E-state index in [1.54, 1.807) is 22.4 Å². The SMILES string of the molecule is O=C1N[C@@H](c2cn[nH]c2-c2ccccc2)Nc2sc3c(c21)CC[NH+](Cc1ccccc1)C3. The van der Waals surface area contributed by atoms with Crippen LogP contribution in [0.4, 0.5) is 5.00 Å². The monoisotopic (exact) mass is 442 g/mol. The zero-order valence-corrected chi connectivity index (χ0v) is 18.3. The number of carbonyl (C=O) groups excluding carboxylic acids is 1. The van der Waals surface area contributed by atoms with Crippen molar-refractivity contribution >= 4 is 22.2 Å². The predicted molar refractivity (Wildman–Crippen MR) is 126 cm³/mol. The van der Waals surface area contributed by atoms with E-state index in [1.807, 2.05) is 30.3 Å². The van der Waals surface area contributed by atoms with E-state index in [0.29, 0.717) is 0 Å². The van der Waals surface area contributed by atoms with Crippen LogP contribution in [-0.4, -0.2) is 22.6 Å². The molecule has 4 N–H and O–H groups in total. The third-order valence-corrected chi connectivity index (χ3v) is 7.51. The maximum absolute atomic E-state index is 13.2. The fraction of sp³-hybridized carbons (Fsp3) is 0.200. The molecule has 4 heterocycles. The van der Waals surface area contributed by atoms with E-state index < -0.39 is 0 Å². The minimum Gasteiger partial charge on any atom is -0.352 e. The molecule has 0 radical (unpaired) electrons. The van der Waals surface area contributed by atoms with E-state index in [0.717, 1.165) is 53.4 Å². The van der Waals surface area contributed by atoms with Crippen LogP contribution in [0.2, 0.25) is 0 Å². The minimum absolute atomic E-state index is 0.00738. The van der Waals surface area contributed by atoms with Crippen molar-refractivity contribution in [3.8, 4) is 11.3 Å². The van der Waals surface area contributed by atoms with Crippen LogP contribution in [0.15, 0.2) is 66.9 Å². The Bertz CT molecular complexity index is 1260. The van der Waals surface area contributed by atoms with Crippen molar-refractivity contribution in [3.05, 3.63) is 94.0 Å². The Morgan fingerprint density at radius 1 is 1.03 bits per heavy atom. The maximum atomic E-state index is 13.2. The van der Waals surface area contributed by atoms with Crippen LogP contribution in [0.1, 0.15) is 38.1 Å². The average molecular weight is 443 g/mol. The second kappa shape index (κ2) is 7.93. The molecule has 6 nitrogen and oxygen atoms in total. The van der Waals surface area contributed by atoms with Crippen molar-refractivity contribution in [3.63, 3.8) is 0 Å². The predicted octanol–water partition coefficient (Wildman–Crippen LogP) is 3.13. The van der Waals surface area contributed by atoms with Gasteiger partial charge in [-0.3, -0.25) is 9.89 Å². The number of carbonyl (C=O) groups is 1. The molecule has 0 saturated carbocycles. The number of aromatic nitrogens is 2. The van der Waals surface area contributed by atoms with Crippen LogP contribution in [0, 0.1) is 0 Å². The Balaban J connectivity index is 1.26. The number of rotatable bonds is 4. The first-order valence-corrected chi connectivity index (χ1v) is 11.8. The fourth-order valence-corrected chi connectivity index (χ4v) is 6.14. The zero-order chi connectivity index (χ0) is 21.5. The smallest absolute Gasteiger partial charge is 0.256 e. The van der Waals surface area contributed by atoms with Crippen molar-refractivity contribution in [2.24, 2.45) is 0 Å². The summed E-state index contributed by atoms with van der Waals surface area (Å²) in [5, 5.41) is 15.1. The van der Waals surface area contributed by atoms with E-state index in [4.69, 9.17) is 0 Å². The second-order valence-corrected chi connectivity index (χ2v) is 9.52. The number of amides is 1. The first-order chi connectivity index (χ1) is 15.8. The normalized spacial score (nSPS) is 19.6. The van der Waals surface area contributed by atoms with Gasteiger partial charge < -0.3 is 15.5 Å². The summed E-state index contributed by atoms with van der Waals surface area (Å²) in [5.41, 5.74) is 6.33. The molecule has 0 aliphatic carbocycles. The highest BCUT2D eigenvalue weighted by molar-refractivity contribution is 7.16. The van der Waals surface area contributed by atoms with Crippen molar-refractivity contribution in [1.29, 1.82) is 0 Å². The number of quaternary nitrogens is 1. The number of aromatic amines is 1. The summed E-state index contributed by atoms with van der Waals surface area (Å²) in [5.74, 6) is 0.00738. The van der Waals surface area contributed by atoms with Gasteiger partial charge in [0.05, 0.1) is 28.9 Å². The lowest BCUT2D eigenvalue weighted by Gasteiger charge is -2.27. The minimum atomic E-state index is -0.308. The van der Waals surface area contributed by atoms with Crippen molar-refractivity contribution < 1.29 is 9.69 Å². The first kappa shape index (κ1) is 19.3. The van der Waals surface area contributed by atoms with Gasteiger partial charge in [-0.25, -0.2) is 0 Å². The molecule has 0 spiro atoms. The molecule has 32 heavy (non-hydrogen) atoms. The summed E-state index contributed by atoms with van der Waals surface area (Å²) in [6.07, 6.45) is 2.42. The molecular weight excluding hydrogens is 418 g/mol. The highest BCUT2D eigenvalue weighted by Gasteiger charge is 2.35.